The number of rotatable bonds is 3. The number of carbonyl (C=O) groups excluding carboxylic acids is 1. The summed E-state index contributed by atoms with van der Waals surface area (Å²) in [6, 6.07) is 14.1. The van der Waals surface area contributed by atoms with Crippen LogP contribution >= 0.6 is 9.24 Å². The van der Waals surface area contributed by atoms with E-state index in [9.17, 15) is 13.2 Å². The smallest absolute Gasteiger partial charge is 0.272 e. The van der Waals surface area contributed by atoms with Gasteiger partial charge in [0, 0.05) is 0 Å². The molecule has 1 saturated carbocycles. The SMILES string of the molecule is O=C1CN(c2ccc(-c3ccc(C4CC4)cc3)cc2P)S(=O)(=O)N1. The highest BCUT2D eigenvalue weighted by atomic mass is 32.2. The van der Waals surface area contributed by atoms with Gasteiger partial charge in [0.05, 0.1) is 5.69 Å². The molecule has 1 atom stereocenters. The summed E-state index contributed by atoms with van der Waals surface area (Å²) in [6.45, 7) is -0.181. The third-order valence-corrected chi connectivity index (χ3v) is 6.26. The summed E-state index contributed by atoms with van der Waals surface area (Å²) in [6.07, 6.45) is 2.56. The molecule has 0 bridgehead atoms. The number of hydrogen-bond donors (Lipinski definition) is 1. The molecule has 2 aromatic carbocycles. The first-order chi connectivity index (χ1) is 11.4. The topological polar surface area (TPSA) is 66.5 Å². The highest BCUT2D eigenvalue weighted by molar-refractivity contribution is 7.92. The van der Waals surface area contributed by atoms with Gasteiger partial charge in [-0.2, -0.15) is 8.42 Å². The molecule has 1 N–H and O–H groups in total. The van der Waals surface area contributed by atoms with Gasteiger partial charge < -0.3 is 0 Å². The average Bonchev–Trinajstić information content (AvgIpc) is 3.33. The summed E-state index contributed by atoms with van der Waals surface area (Å²) >= 11 is 0. The summed E-state index contributed by atoms with van der Waals surface area (Å²) in [4.78, 5) is 11.4. The fourth-order valence-corrected chi connectivity index (χ4v) is 4.69. The van der Waals surface area contributed by atoms with Crippen molar-refractivity contribution < 1.29 is 13.2 Å². The summed E-state index contributed by atoms with van der Waals surface area (Å²) < 4.78 is 27.0. The Kier molecular flexibility index (Phi) is 3.62. The molecule has 0 spiro atoms. The molecule has 2 aliphatic rings. The van der Waals surface area contributed by atoms with Gasteiger partial charge in [-0.25, -0.2) is 9.03 Å². The van der Waals surface area contributed by atoms with Crippen molar-refractivity contribution in [2.24, 2.45) is 0 Å². The average molecular weight is 360 g/mol. The largest absolute Gasteiger partial charge is 0.326 e. The third kappa shape index (κ3) is 2.80. The maximum Gasteiger partial charge on any atom is 0.326 e. The van der Waals surface area contributed by atoms with Crippen molar-refractivity contribution >= 4 is 36.3 Å². The number of nitrogens with zero attached hydrogens (tertiary/aromatic N) is 1. The standard InChI is InChI=1S/C17H17N2O3PS/c20-17-10-19(24(21,22)18-17)15-8-7-14(9-16(15)23)13-5-3-12(4-6-13)11-1-2-11/h3-9,11H,1-2,10,23H2,(H,18,20). The molecule has 0 aromatic heterocycles. The molecule has 0 radical (unpaired) electrons. The molecule has 4 rings (SSSR count). The first-order valence-corrected chi connectivity index (χ1v) is 9.79. The highest BCUT2D eigenvalue weighted by Crippen LogP contribution is 2.40. The number of nitrogens with one attached hydrogen (secondary N) is 1. The van der Waals surface area contributed by atoms with Crippen LogP contribution in [0.25, 0.3) is 11.1 Å². The van der Waals surface area contributed by atoms with Crippen molar-refractivity contribution in [1.29, 1.82) is 0 Å². The quantitative estimate of drug-likeness (QED) is 0.851. The van der Waals surface area contributed by atoms with E-state index in [1.165, 1.54) is 18.4 Å². The van der Waals surface area contributed by atoms with Crippen LogP contribution in [0.2, 0.25) is 0 Å². The number of carbonyl (C=O) groups is 1. The molecule has 2 fully saturated rings. The normalized spacial score (nSPS) is 19.4. The van der Waals surface area contributed by atoms with E-state index in [1.54, 1.807) is 6.07 Å². The molecule has 1 aliphatic heterocycles. The Bertz CT molecular complexity index is 921. The molecule has 124 valence electrons. The van der Waals surface area contributed by atoms with Crippen molar-refractivity contribution in [2.45, 2.75) is 18.8 Å². The van der Waals surface area contributed by atoms with Gasteiger partial charge in [0.1, 0.15) is 6.54 Å². The van der Waals surface area contributed by atoms with E-state index in [4.69, 9.17) is 0 Å². The lowest BCUT2D eigenvalue weighted by Crippen LogP contribution is -2.31. The van der Waals surface area contributed by atoms with Crippen LogP contribution in [0.3, 0.4) is 0 Å². The van der Waals surface area contributed by atoms with Crippen molar-refractivity contribution in [3.63, 3.8) is 0 Å². The fraction of sp³-hybridized carbons (Fsp3) is 0.235. The lowest BCUT2D eigenvalue weighted by atomic mass is 10.0. The van der Waals surface area contributed by atoms with Gasteiger partial charge in [0.2, 0.25) is 0 Å². The Morgan fingerprint density at radius 3 is 2.25 bits per heavy atom. The van der Waals surface area contributed by atoms with E-state index < -0.39 is 16.1 Å². The second kappa shape index (κ2) is 5.57. The van der Waals surface area contributed by atoms with Crippen molar-refractivity contribution in [2.75, 3.05) is 10.8 Å². The Balaban J connectivity index is 1.65. The Morgan fingerprint density at radius 2 is 1.71 bits per heavy atom. The van der Waals surface area contributed by atoms with E-state index >= 15 is 0 Å². The van der Waals surface area contributed by atoms with Crippen LogP contribution in [0.1, 0.15) is 24.3 Å². The second-order valence-corrected chi connectivity index (χ2v) is 8.42. The zero-order valence-corrected chi connectivity index (χ0v) is 14.9. The number of amides is 1. The molecule has 1 saturated heterocycles. The second-order valence-electron chi connectivity index (χ2n) is 6.21. The van der Waals surface area contributed by atoms with E-state index in [-0.39, 0.29) is 6.54 Å². The molecular weight excluding hydrogens is 343 g/mol. The first-order valence-electron chi connectivity index (χ1n) is 7.77. The molecule has 2 aromatic rings. The summed E-state index contributed by atoms with van der Waals surface area (Å²) in [5.41, 5.74) is 3.99. The van der Waals surface area contributed by atoms with E-state index in [2.05, 4.69) is 33.5 Å². The lowest BCUT2D eigenvalue weighted by Gasteiger charge is -2.18. The Labute approximate surface area is 143 Å². The molecule has 24 heavy (non-hydrogen) atoms. The number of anilines is 1. The molecule has 7 heteroatoms. The first kappa shape index (κ1) is 15.6. The molecular formula is C17H17N2O3PS. The van der Waals surface area contributed by atoms with Crippen LogP contribution in [0.5, 0.6) is 0 Å². The van der Waals surface area contributed by atoms with E-state index in [1.807, 2.05) is 16.9 Å². The van der Waals surface area contributed by atoms with Gasteiger partial charge in [0.25, 0.3) is 5.91 Å². The molecule has 1 unspecified atom stereocenters. The third-order valence-electron chi connectivity index (χ3n) is 4.41. The van der Waals surface area contributed by atoms with Gasteiger partial charge in [-0.15, -0.1) is 9.24 Å². The van der Waals surface area contributed by atoms with E-state index in [0.29, 0.717) is 5.69 Å². The highest BCUT2D eigenvalue weighted by Gasteiger charge is 2.34. The summed E-state index contributed by atoms with van der Waals surface area (Å²) in [7, 11) is -1.22. The number of hydrogen-bond acceptors (Lipinski definition) is 3. The van der Waals surface area contributed by atoms with Gasteiger partial charge in [-0.05, 0) is 52.9 Å². The summed E-state index contributed by atoms with van der Waals surface area (Å²) in [5.74, 6) is 0.211. The van der Waals surface area contributed by atoms with Crippen molar-refractivity contribution in [3.8, 4) is 11.1 Å². The maximum absolute atomic E-state index is 12.0. The van der Waals surface area contributed by atoms with Crippen molar-refractivity contribution in [1.82, 2.24) is 4.72 Å². The number of benzene rings is 2. The van der Waals surface area contributed by atoms with Crippen LogP contribution in [0.4, 0.5) is 5.69 Å². The minimum Gasteiger partial charge on any atom is -0.272 e. The predicted molar refractivity (Wildman–Crippen MR) is 97.6 cm³/mol. The van der Waals surface area contributed by atoms with Crippen LogP contribution in [-0.2, 0) is 15.0 Å². The zero-order valence-electron chi connectivity index (χ0n) is 12.9. The van der Waals surface area contributed by atoms with Gasteiger partial charge in [0.15, 0.2) is 0 Å². The Hall–Kier alpha value is -1.91. The molecule has 1 amide bonds. The monoisotopic (exact) mass is 360 g/mol. The lowest BCUT2D eigenvalue weighted by molar-refractivity contribution is -0.117. The summed E-state index contributed by atoms with van der Waals surface area (Å²) in [5, 5.41) is 0.735. The Morgan fingerprint density at radius 1 is 1.04 bits per heavy atom. The van der Waals surface area contributed by atoms with Crippen LogP contribution in [0, 0.1) is 0 Å². The fourth-order valence-electron chi connectivity index (χ4n) is 2.99. The van der Waals surface area contributed by atoms with Crippen LogP contribution < -0.4 is 14.3 Å². The minimum atomic E-state index is -3.78. The van der Waals surface area contributed by atoms with Crippen LogP contribution in [0.15, 0.2) is 42.5 Å². The molecule has 5 nitrogen and oxygen atoms in total. The van der Waals surface area contributed by atoms with Crippen LogP contribution in [-0.4, -0.2) is 20.9 Å². The molecule has 1 aliphatic carbocycles. The van der Waals surface area contributed by atoms with Gasteiger partial charge in [-0.1, -0.05) is 30.3 Å². The van der Waals surface area contributed by atoms with Gasteiger partial charge >= 0.3 is 10.2 Å². The van der Waals surface area contributed by atoms with Gasteiger partial charge in [-0.3, -0.25) is 4.79 Å². The van der Waals surface area contributed by atoms with Crippen molar-refractivity contribution in [3.05, 3.63) is 48.0 Å². The molecule has 1 heterocycles. The maximum atomic E-state index is 12.0. The minimum absolute atomic E-state index is 0.181. The predicted octanol–water partition coefficient (Wildman–Crippen LogP) is 1.91. The van der Waals surface area contributed by atoms with E-state index in [0.717, 1.165) is 26.7 Å². The zero-order chi connectivity index (χ0) is 16.9.